The Labute approximate surface area is 128 Å². The van der Waals surface area contributed by atoms with Crippen molar-refractivity contribution in [2.45, 2.75) is 13.5 Å². The number of fused-ring (bicyclic) bond motifs is 1. The van der Waals surface area contributed by atoms with E-state index in [9.17, 15) is 0 Å². The molecular formula is C14H11BrN4S. The number of thiazole rings is 1. The Morgan fingerprint density at radius 1 is 1.50 bits per heavy atom. The predicted octanol–water partition coefficient (Wildman–Crippen LogP) is 3.95. The van der Waals surface area contributed by atoms with Crippen LogP contribution in [0.2, 0.25) is 0 Å². The molecular weight excluding hydrogens is 336 g/mol. The van der Waals surface area contributed by atoms with Gasteiger partial charge in [-0.1, -0.05) is 15.9 Å². The van der Waals surface area contributed by atoms with E-state index in [-0.39, 0.29) is 0 Å². The van der Waals surface area contributed by atoms with Crippen molar-refractivity contribution in [2.24, 2.45) is 0 Å². The van der Waals surface area contributed by atoms with Crippen LogP contribution in [0.5, 0.6) is 0 Å². The maximum atomic E-state index is 9.14. The number of halogens is 1. The zero-order valence-corrected chi connectivity index (χ0v) is 13.1. The molecule has 2 heterocycles. The molecule has 0 bridgehead atoms. The smallest absolute Gasteiger partial charge is 0.194 e. The number of anilines is 1. The van der Waals surface area contributed by atoms with Crippen molar-refractivity contribution in [1.82, 2.24) is 9.38 Å². The minimum atomic E-state index is 0.634. The van der Waals surface area contributed by atoms with Crippen LogP contribution in [0.4, 0.5) is 5.69 Å². The van der Waals surface area contributed by atoms with Crippen LogP contribution in [-0.2, 0) is 6.54 Å². The molecule has 0 amide bonds. The minimum Gasteiger partial charge on any atom is -0.378 e. The molecule has 20 heavy (non-hydrogen) atoms. The molecule has 3 aromatic rings. The number of nitriles is 1. The van der Waals surface area contributed by atoms with Crippen molar-refractivity contribution in [3.8, 4) is 6.07 Å². The number of hydrogen-bond acceptors (Lipinski definition) is 4. The normalized spacial score (nSPS) is 10.7. The number of benzene rings is 1. The fraction of sp³-hybridized carbons (Fsp3) is 0.143. The largest absolute Gasteiger partial charge is 0.378 e. The Morgan fingerprint density at radius 2 is 2.35 bits per heavy atom. The molecule has 4 nitrogen and oxygen atoms in total. The zero-order valence-electron chi connectivity index (χ0n) is 10.7. The molecule has 0 fully saturated rings. The molecule has 1 aromatic carbocycles. The van der Waals surface area contributed by atoms with Crippen LogP contribution < -0.4 is 5.32 Å². The molecule has 100 valence electrons. The van der Waals surface area contributed by atoms with Crippen LogP contribution in [0.15, 0.2) is 34.2 Å². The Bertz CT molecular complexity index is 812. The van der Waals surface area contributed by atoms with Gasteiger partial charge in [-0.2, -0.15) is 5.26 Å². The molecule has 1 N–H and O–H groups in total. The van der Waals surface area contributed by atoms with E-state index < -0.39 is 0 Å². The molecule has 0 radical (unpaired) electrons. The van der Waals surface area contributed by atoms with Crippen molar-refractivity contribution in [3.63, 3.8) is 0 Å². The summed E-state index contributed by atoms with van der Waals surface area (Å²) >= 11 is 5.05. The van der Waals surface area contributed by atoms with E-state index >= 15 is 0 Å². The number of rotatable bonds is 3. The monoisotopic (exact) mass is 346 g/mol. The number of aryl methyl sites for hydroxylation is 1. The van der Waals surface area contributed by atoms with Gasteiger partial charge in [-0.3, -0.25) is 4.40 Å². The van der Waals surface area contributed by atoms with E-state index in [1.165, 1.54) is 0 Å². The highest BCUT2D eigenvalue weighted by molar-refractivity contribution is 9.10. The van der Waals surface area contributed by atoms with Crippen LogP contribution in [0.25, 0.3) is 4.96 Å². The summed E-state index contributed by atoms with van der Waals surface area (Å²) in [5.74, 6) is 0. The first-order valence-corrected chi connectivity index (χ1v) is 7.71. The SMILES string of the molecule is Cc1nc2sccn2c1CNc1cc(Br)ccc1C#N. The topological polar surface area (TPSA) is 53.1 Å². The standard InChI is InChI=1S/C14H11BrN4S/c1-9-13(19-4-5-20-14(19)18-9)8-17-12-6-11(15)3-2-10(12)7-16/h2-6,17H,8H2,1H3. The van der Waals surface area contributed by atoms with Crippen LogP contribution in [0.3, 0.4) is 0 Å². The summed E-state index contributed by atoms with van der Waals surface area (Å²) in [4.78, 5) is 5.51. The molecule has 0 unspecified atom stereocenters. The molecule has 0 aliphatic carbocycles. The third-order valence-electron chi connectivity index (χ3n) is 3.11. The fourth-order valence-corrected chi connectivity index (χ4v) is 3.23. The molecule has 6 heteroatoms. The van der Waals surface area contributed by atoms with Gasteiger partial charge < -0.3 is 5.32 Å². The summed E-state index contributed by atoms with van der Waals surface area (Å²) in [7, 11) is 0. The Hall–Kier alpha value is -1.84. The lowest BCUT2D eigenvalue weighted by Crippen LogP contribution is -2.04. The van der Waals surface area contributed by atoms with Gasteiger partial charge in [0.2, 0.25) is 0 Å². The number of imidazole rings is 1. The van der Waals surface area contributed by atoms with Gasteiger partial charge in [0, 0.05) is 16.0 Å². The number of nitrogens with zero attached hydrogens (tertiary/aromatic N) is 3. The first-order valence-electron chi connectivity index (χ1n) is 6.03. The summed E-state index contributed by atoms with van der Waals surface area (Å²) in [6.07, 6.45) is 2.02. The van der Waals surface area contributed by atoms with Crippen LogP contribution in [0, 0.1) is 18.3 Å². The van der Waals surface area contributed by atoms with Crippen molar-refractivity contribution < 1.29 is 0 Å². The summed E-state index contributed by atoms with van der Waals surface area (Å²) in [5, 5.41) is 14.5. The third kappa shape index (κ3) is 2.30. The average Bonchev–Trinajstić information content (AvgIpc) is 2.97. The summed E-state index contributed by atoms with van der Waals surface area (Å²) < 4.78 is 3.03. The van der Waals surface area contributed by atoms with Crippen LogP contribution in [-0.4, -0.2) is 9.38 Å². The number of hydrogen-bond donors (Lipinski definition) is 1. The van der Waals surface area contributed by atoms with Crippen LogP contribution in [0.1, 0.15) is 17.0 Å². The second-order valence-electron chi connectivity index (χ2n) is 4.35. The third-order valence-corrected chi connectivity index (χ3v) is 4.36. The van der Waals surface area contributed by atoms with Crippen molar-refractivity contribution in [2.75, 3.05) is 5.32 Å². The highest BCUT2D eigenvalue weighted by atomic mass is 79.9. The first-order chi connectivity index (χ1) is 9.69. The van der Waals surface area contributed by atoms with Gasteiger partial charge in [0.1, 0.15) is 6.07 Å². The highest BCUT2D eigenvalue weighted by Crippen LogP contribution is 2.23. The van der Waals surface area contributed by atoms with Gasteiger partial charge in [0.25, 0.3) is 0 Å². The zero-order chi connectivity index (χ0) is 14.1. The maximum absolute atomic E-state index is 9.14. The van der Waals surface area contributed by atoms with E-state index in [0.29, 0.717) is 12.1 Å². The molecule has 3 rings (SSSR count). The fourth-order valence-electron chi connectivity index (χ4n) is 2.09. The molecule has 0 saturated carbocycles. The van der Waals surface area contributed by atoms with Gasteiger partial charge >= 0.3 is 0 Å². The molecule has 0 atom stereocenters. The Balaban J connectivity index is 1.90. The lowest BCUT2D eigenvalue weighted by atomic mass is 10.2. The van der Waals surface area contributed by atoms with Crippen molar-refractivity contribution >= 4 is 37.9 Å². The summed E-state index contributed by atoms with van der Waals surface area (Å²) in [6, 6.07) is 7.78. The number of aromatic nitrogens is 2. The molecule has 0 saturated heterocycles. The summed E-state index contributed by atoms with van der Waals surface area (Å²) in [6.45, 7) is 2.64. The predicted molar refractivity (Wildman–Crippen MR) is 84.0 cm³/mol. The van der Waals surface area contributed by atoms with Crippen LogP contribution >= 0.6 is 27.3 Å². The molecule has 0 spiro atoms. The molecule has 0 aliphatic heterocycles. The Morgan fingerprint density at radius 3 is 3.15 bits per heavy atom. The lowest BCUT2D eigenvalue weighted by Gasteiger charge is -2.09. The quantitative estimate of drug-likeness (QED) is 0.781. The van der Waals surface area contributed by atoms with E-state index in [2.05, 4.69) is 36.7 Å². The van der Waals surface area contributed by atoms with E-state index in [1.807, 2.05) is 30.6 Å². The first kappa shape index (κ1) is 13.2. The van der Waals surface area contributed by atoms with Gasteiger partial charge in [0.05, 0.1) is 29.2 Å². The number of nitrogens with one attached hydrogen (secondary N) is 1. The second-order valence-corrected chi connectivity index (χ2v) is 6.14. The summed E-state index contributed by atoms with van der Waals surface area (Å²) in [5.41, 5.74) is 3.59. The van der Waals surface area contributed by atoms with E-state index in [1.54, 1.807) is 17.4 Å². The second kappa shape index (κ2) is 5.27. The van der Waals surface area contributed by atoms with Crippen molar-refractivity contribution in [3.05, 3.63) is 51.2 Å². The van der Waals surface area contributed by atoms with Crippen molar-refractivity contribution in [1.29, 1.82) is 5.26 Å². The van der Waals surface area contributed by atoms with Gasteiger partial charge in [-0.15, -0.1) is 11.3 Å². The van der Waals surface area contributed by atoms with Gasteiger partial charge in [0.15, 0.2) is 4.96 Å². The Kier molecular flexibility index (Phi) is 3.47. The maximum Gasteiger partial charge on any atom is 0.194 e. The van der Waals surface area contributed by atoms with Gasteiger partial charge in [-0.25, -0.2) is 4.98 Å². The lowest BCUT2D eigenvalue weighted by molar-refractivity contribution is 0.993. The molecule has 0 aliphatic rings. The highest BCUT2D eigenvalue weighted by Gasteiger charge is 2.10. The van der Waals surface area contributed by atoms with E-state index in [0.717, 1.165) is 26.5 Å². The van der Waals surface area contributed by atoms with E-state index in [4.69, 9.17) is 5.26 Å². The van der Waals surface area contributed by atoms with Gasteiger partial charge in [-0.05, 0) is 25.1 Å². The molecule has 2 aromatic heterocycles. The average molecular weight is 347 g/mol. The minimum absolute atomic E-state index is 0.634.